The highest BCUT2D eigenvalue weighted by Crippen LogP contribution is 2.03. The molecule has 0 spiro atoms. The topological polar surface area (TPSA) is 166 Å². The summed E-state index contributed by atoms with van der Waals surface area (Å²) in [5.41, 5.74) is 0. The van der Waals surface area contributed by atoms with Gasteiger partial charge >= 0.3 is 23.9 Å². The maximum atomic E-state index is 11.5. The van der Waals surface area contributed by atoms with Gasteiger partial charge < -0.3 is 34.3 Å². The molecule has 0 aromatic carbocycles. The molecule has 0 rings (SSSR count). The second-order valence-corrected chi connectivity index (χ2v) is 7.77. The molecule has 0 aromatic rings. The number of ether oxygens (including phenoxy) is 4. The van der Waals surface area contributed by atoms with Crippen LogP contribution < -0.4 is 0 Å². The molecule has 0 aromatic heterocycles. The van der Waals surface area contributed by atoms with Crippen LogP contribution in [-0.4, -0.2) is 78.5 Å². The fourth-order valence-electron chi connectivity index (χ4n) is 2.43. The van der Waals surface area contributed by atoms with Gasteiger partial charge in [-0.25, -0.2) is 0 Å². The van der Waals surface area contributed by atoms with Crippen LogP contribution in [0.5, 0.6) is 0 Å². The van der Waals surface area contributed by atoms with E-state index in [1.807, 2.05) is 0 Å². The van der Waals surface area contributed by atoms with Crippen molar-refractivity contribution in [3.8, 4) is 0 Å². The van der Waals surface area contributed by atoms with Crippen LogP contribution in [0.25, 0.3) is 0 Å². The zero-order valence-corrected chi connectivity index (χ0v) is 21.2. The Morgan fingerprint density at radius 2 is 1.03 bits per heavy atom. The van der Waals surface area contributed by atoms with Crippen molar-refractivity contribution in [2.45, 2.75) is 97.2 Å². The molecular formula is C24H44O11. The first-order valence-corrected chi connectivity index (χ1v) is 12.3. The van der Waals surface area contributed by atoms with Crippen molar-refractivity contribution in [2.24, 2.45) is 0 Å². The molecule has 0 aliphatic carbocycles. The highest BCUT2D eigenvalue weighted by molar-refractivity contribution is 5.69. The van der Waals surface area contributed by atoms with Crippen LogP contribution in [0.15, 0.2) is 0 Å². The molecule has 0 saturated heterocycles. The second-order valence-electron chi connectivity index (χ2n) is 7.77. The molecule has 0 heterocycles. The normalized spacial score (nSPS) is 10.5. The molecule has 0 unspecified atom stereocenters. The maximum Gasteiger partial charge on any atom is 0.305 e. The van der Waals surface area contributed by atoms with Crippen LogP contribution >= 0.6 is 0 Å². The van der Waals surface area contributed by atoms with Gasteiger partial charge in [-0.2, -0.15) is 0 Å². The van der Waals surface area contributed by atoms with Gasteiger partial charge in [0.05, 0.1) is 13.2 Å². The van der Waals surface area contributed by atoms with E-state index in [9.17, 15) is 19.2 Å². The third-order valence-corrected chi connectivity index (χ3v) is 4.40. The number of carboxylic acid groups (broad SMARTS) is 3. The number of carbonyl (C=O) groups excluding carboxylic acids is 1. The van der Waals surface area contributed by atoms with Crippen molar-refractivity contribution >= 4 is 23.9 Å². The second kappa shape index (κ2) is 26.4. The van der Waals surface area contributed by atoms with Gasteiger partial charge in [-0.05, 0) is 38.5 Å². The lowest BCUT2D eigenvalue weighted by molar-refractivity contribution is -0.176. The van der Waals surface area contributed by atoms with Gasteiger partial charge in [-0.1, -0.05) is 26.7 Å². The molecule has 0 saturated carbocycles. The summed E-state index contributed by atoms with van der Waals surface area (Å²) in [6.45, 7) is 6.25. The summed E-state index contributed by atoms with van der Waals surface area (Å²) in [6, 6.07) is 0. The summed E-state index contributed by atoms with van der Waals surface area (Å²) in [5.74, 6) is -2.92. The van der Waals surface area contributed by atoms with Crippen LogP contribution in [0.2, 0.25) is 0 Å². The van der Waals surface area contributed by atoms with Gasteiger partial charge in [0, 0.05) is 38.9 Å². The summed E-state index contributed by atoms with van der Waals surface area (Å²) in [6.07, 6.45) is 6.02. The van der Waals surface area contributed by atoms with E-state index in [2.05, 4.69) is 13.8 Å². The van der Waals surface area contributed by atoms with Crippen molar-refractivity contribution in [1.82, 2.24) is 0 Å². The molecule has 0 fully saturated rings. The molecular weight excluding hydrogens is 464 g/mol. The number of carbonyl (C=O) groups is 4. The molecule has 0 aliphatic rings. The zero-order valence-electron chi connectivity index (χ0n) is 21.2. The van der Waals surface area contributed by atoms with Gasteiger partial charge in [0.25, 0.3) is 0 Å². The molecule has 0 radical (unpaired) electrons. The highest BCUT2D eigenvalue weighted by atomic mass is 16.7. The number of rotatable bonds is 23. The zero-order chi connectivity index (χ0) is 26.7. The summed E-state index contributed by atoms with van der Waals surface area (Å²) >= 11 is 0. The quantitative estimate of drug-likeness (QED) is 0.104. The SMILES string of the molecule is CCCCOC(COCCOC(=O)CCCCC(=O)O)OCCCC.O=C(O)CCCCC(=O)O. The van der Waals surface area contributed by atoms with E-state index in [-0.39, 0.29) is 51.2 Å². The van der Waals surface area contributed by atoms with Gasteiger partial charge in [0.1, 0.15) is 6.61 Å². The van der Waals surface area contributed by atoms with Gasteiger partial charge in [0.2, 0.25) is 0 Å². The fourth-order valence-corrected chi connectivity index (χ4v) is 2.43. The average molecular weight is 509 g/mol. The summed E-state index contributed by atoms with van der Waals surface area (Å²) in [5, 5.41) is 24.8. The lowest BCUT2D eigenvalue weighted by Crippen LogP contribution is -2.25. The predicted molar refractivity (Wildman–Crippen MR) is 127 cm³/mol. The third kappa shape index (κ3) is 31.8. The van der Waals surface area contributed by atoms with E-state index >= 15 is 0 Å². The Balaban J connectivity index is 0. The number of unbranched alkanes of at least 4 members (excludes halogenated alkanes) is 4. The lowest BCUT2D eigenvalue weighted by atomic mass is 10.2. The van der Waals surface area contributed by atoms with Crippen molar-refractivity contribution in [3.63, 3.8) is 0 Å². The molecule has 3 N–H and O–H groups in total. The molecule has 0 bridgehead atoms. The van der Waals surface area contributed by atoms with Crippen LogP contribution in [0, 0.1) is 0 Å². The van der Waals surface area contributed by atoms with E-state index in [4.69, 9.17) is 34.3 Å². The Hall–Kier alpha value is -2.24. The molecule has 0 atom stereocenters. The lowest BCUT2D eigenvalue weighted by Gasteiger charge is -2.18. The van der Waals surface area contributed by atoms with Gasteiger partial charge in [0.15, 0.2) is 6.29 Å². The van der Waals surface area contributed by atoms with E-state index in [1.165, 1.54) is 0 Å². The number of carboxylic acids is 3. The number of hydrogen-bond donors (Lipinski definition) is 3. The third-order valence-electron chi connectivity index (χ3n) is 4.40. The Kier molecular flexibility index (Phi) is 26.3. The van der Waals surface area contributed by atoms with Gasteiger partial charge in [-0.15, -0.1) is 0 Å². The molecule has 206 valence electrons. The molecule has 11 heteroatoms. The first-order valence-electron chi connectivity index (χ1n) is 12.3. The van der Waals surface area contributed by atoms with Crippen LogP contribution in [0.1, 0.15) is 90.9 Å². The van der Waals surface area contributed by atoms with E-state index in [1.54, 1.807) is 0 Å². The van der Waals surface area contributed by atoms with E-state index in [0.29, 0.717) is 45.5 Å². The smallest absolute Gasteiger partial charge is 0.305 e. The molecule has 0 aliphatic heterocycles. The van der Waals surface area contributed by atoms with Crippen LogP contribution in [0.3, 0.4) is 0 Å². The molecule has 11 nitrogen and oxygen atoms in total. The van der Waals surface area contributed by atoms with Crippen molar-refractivity contribution in [2.75, 3.05) is 33.0 Å². The number of esters is 1. The average Bonchev–Trinajstić information content (AvgIpc) is 2.79. The number of aliphatic carboxylic acids is 3. The highest BCUT2D eigenvalue weighted by Gasteiger charge is 2.10. The van der Waals surface area contributed by atoms with E-state index < -0.39 is 17.9 Å². The minimum Gasteiger partial charge on any atom is -0.481 e. The Morgan fingerprint density at radius 3 is 1.43 bits per heavy atom. The minimum absolute atomic E-state index is 0.0628. The standard InChI is InChI=1S/C18H34O7.C6H10O4/c1-3-5-11-24-18(25-12-6-4-2)15-22-13-14-23-17(21)10-8-7-9-16(19)20;7-5(8)3-1-2-4-6(9)10/h18H,3-15H2,1-2H3,(H,19,20);1-4H2,(H,7,8)(H,9,10). The fraction of sp³-hybridized carbons (Fsp3) is 0.833. The Morgan fingerprint density at radius 1 is 0.600 bits per heavy atom. The Labute approximate surface area is 208 Å². The summed E-state index contributed by atoms with van der Waals surface area (Å²) in [7, 11) is 0. The van der Waals surface area contributed by atoms with Gasteiger partial charge in [-0.3, -0.25) is 19.2 Å². The summed E-state index contributed by atoms with van der Waals surface area (Å²) < 4.78 is 21.8. The van der Waals surface area contributed by atoms with Crippen molar-refractivity contribution < 1.29 is 53.4 Å². The molecule has 35 heavy (non-hydrogen) atoms. The Bertz CT molecular complexity index is 526. The van der Waals surface area contributed by atoms with Crippen LogP contribution in [0.4, 0.5) is 0 Å². The largest absolute Gasteiger partial charge is 0.481 e. The number of hydrogen-bond acceptors (Lipinski definition) is 8. The summed E-state index contributed by atoms with van der Waals surface area (Å²) in [4.78, 5) is 41.6. The minimum atomic E-state index is -0.870. The van der Waals surface area contributed by atoms with Crippen molar-refractivity contribution in [3.05, 3.63) is 0 Å². The first-order chi connectivity index (χ1) is 16.7. The first kappa shape index (κ1) is 34.9. The maximum absolute atomic E-state index is 11.5. The monoisotopic (exact) mass is 508 g/mol. The van der Waals surface area contributed by atoms with Crippen molar-refractivity contribution in [1.29, 1.82) is 0 Å². The predicted octanol–water partition coefficient (Wildman–Crippen LogP) is 3.87. The van der Waals surface area contributed by atoms with E-state index in [0.717, 1.165) is 25.7 Å². The molecule has 0 amide bonds. The van der Waals surface area contributed by atoms with Crippen LogP contribution in [-0.2, 0) is 38.1 Å².